The fourth-order valence-corrected chi connectivity index (χ4v) is 3.53. The second kappa shape index (κ2) is 7.19. The van der Waals surface area contributed by atoms with Crippen molar-refractivity contribution in [2.45, 2.75) is 46.1 Å². The van der Waals surface area contributed by atoms with Gasteiger partial charge in [0, 0.05) is 34.8 Å². The first kappa shape index (κ1) is 16.9. The molecule has 0 aliphatic rings. The van der Waals surface area contributed by atoms with Crippen LogP contribution < -0.4 is 10.6 Å². The molecule has 22 heavy (non-hydrogen) atoms. The number of carbonyl (C=O) groups is 1. The van der Waals surface area contributed by atoms with Crippen molar-refractivity contribution in [3.8, 4) is 0 Å². The number of nitrogens with zero attached hydrogens (tertiary/aromatic N) is 2. The van der Waals surface area contributed by atoms with Gasteiger partial charge in [-0.15, -0.1) is 22.7 Å². The Hall–Kier alpha value is -1.47. The summed E-state index contributed by atoms with van der Waals surface area (Å²) in [6.07, 6.45) is 2.55. The predicted octanol–water partition coefficient (Wildman–Crippen LogP) is 3.25. The van der Waals surface area contributed by atoms with E-state index in [1.165, 1.54) is 0 Å². The molecule has 0 aromatic carbocycles. The van der Waals surface area contributed by atoms with Gasteiger partial charge in [-0.1, -0.05) is 20.8 Å². The fraction of sp³-hybridized carbons (Fsp3) is 0.533. The zero-order valence-corrected chi connectivity index (χ0v) is 15.0. The zero-order valence-electron chi connectivity index (χ0n) is 13.4. The molecule has 0 saturated carbocycles. The molecule has 0 unspecified atom stereocenters. The minimum atomic E-state index is -0.154. The molecule has 2 N–H and O–H groups in total. The van der Waals surface area contributed by atoms with E-state index in [0.29, 0.717) is 13.1 Å². The monoisotopic (exact) mass is 338 g/mol. The number of thiazole rings is 2. The highest BCUT2D eigenvalue weighted by Crippen LogP contribution is 2.23. The average Bonchev–Trinajstić information content (AvgIpc) is 3.05. The van der Waals surface area contributed by atoms with Crippen LogP contribution in [0.3, 0.4) is 0 Å². The van der Waals surface area contributed by atoms with Crippen LogP contribution in [0.1, 0.15) is 41.4 Å². The van der Waals surface area contributed by atoms with Crippen molar-refractivity contribution >= 4 is 28.7 Å². The summed E-state index contributed by atoms with van der Waals surface area (Å²) in [4.78, 5) is 21.6. The predicted molar refractivity (Wildman–Crippen MR) is 91.6 cm³/mol. The quantitative estimate of drug-likeness (QED) is 0.879. The summed E-state index contributed by atoms with van der Waals surface area (Å²) in [5.41, 5.74) is 1.18. The Balaban J connectivity index is 1.69. The summed E-state index contributed by atoms with van der Waals surface area (Å²) in [6, 6.07) is -0.154. The molecule has 0 aliphatic heterocycles. The van der Waals surface area contributed by atoms with Gasteiger partial charge in [0.05, 0.1) is 22.3 Å². The average molecular weight is 339 g/mol. The highest BCUT2D eigenvalue weighted by atomic mass is 32.1. The minimum absolute atomic E-state index is 0.0758. The minimum Gasteiger partial charge on any atom is -0.338 e. The standard InChI is InChI=1S/C15H22N4OS2/c1-10-17-7-11(22-10)8-18-14(20)16-6-5-13-19-12(9-21-13)15(2,3)4/h7,9H,5-6,8H2,1-4H3,(H2,16,18,20). The van der Waals surface area contributed by atoms with Gasteiger partial charge >= 0.3 is 6.03 Å². The van der Waals surface area contributed by atoms with Crippen molar-refractivity contribution < 1.29 is 4.79 Å². The van der Waals surface area contributed by atoms with E-state index in [0.717, 1.165) is 27.0 Å². The van der Waals surface area contributed by atoms with Gasteiger partial charge in [0.25, 0.3) is 0 Å². The van der Waals surface area contributed by atoms with Gasteiger partial charge in [0.15, 0.2) is 0 Å². The Morgan fingerprint density at radius 1 is 1.32 bits per heavy atom. The Kier molecular flexibility index (Phi) is 5.52. The number of urea groups is 1. The van der Waals surface area contributed by atoms with Gasteiger partial charge in [-0.25, -0.2) is 14.8 Å². The van der Waals surface area contributed by atoms with Crippen LogP contribution in [-0.4, -0.2) is 22.5 Å². The zero-order chi connectivity index (χ0) is 16.2. The number of nitrogens with one attached hydrogen (secondary N) is 2. The lowest BCUT2D eigenvalue weighted by atomic mass is 9.93. The molecule has 2 rings (SSSR count). The van der Waals surface area contributed by atoms with Crippen molar-refractivity contribution in [2.24, 2.45) is 0 Å². The van der Waals surface area contributed by atoms with E-state index < -0.39 is 0 Å². The van der Waals surface area contributed by atoms with E-state index in [9.17, 15) is 4.79 Å². The van der Waals surface area contributed by atoms with Crippen molar-refractivity contribution in [3.05, 3.63) is 32.2 Å². The lowest BCUT2D eigenvalue weighted by Crippen LogP contribution is -2.36. The molecule has 2 aromatic heterocycles. The van der Waals surface area contributed by atoms with Gasteiger partial charge in [0.2, 0.25) is 0 Å². The van der Waals surface area contributed by atoms with E-state index in [4.69, 9.17) is 0 Å². The first-order chi connectivity index (χ1) is 10.3. The number of amides is 2. The largest absolute Gasteiger partial charge is 0.338 e. The summed E-state index contributed by atoms with van der Waals surface area (Å²) in [5, 5.41) is 9.86. The SMILES string of the molecule is Cc1ncc(CNC(=O)NCCc2nc(C(C)(C)C)cs2)s1. The Labute approximate surface area is 139 Å². The summed E-state index contributed by atoms with van der Waals surface area (Å²) >= 11 is 3.25. The summed E-state index contributed by atoms with van der Waals surface area (Å²) < 4.78 is 0. The third kappa shape index (κ3) is 5.06. The highest BCUT2D eigenvalue weighted by molar-refractivity contribution is 7.11. The molecular weight excluding hydrogens is 316 g/mol. The number of hydrogen-bond acceptors (Lipinski definition) is 5. The van der Waals surface area contributed by atoms with E-state index in [2.05, 4.69) is 46.8 Å². The second-order valence-corrected chi connectivity index (χ2v) is 8.34. The molecule has 2 heterocycles. The van der Waals surface area contributed by atoms with E-state index in [1.54, 1.807) is 28.9 Å². The summed E-state index contributed by atoms with van der Waals surface area (Å²) in [6.45, 7) is 9.51. The van der Waals surface area contributed by atoms with Gasteiger partial charge < -0.3 is 10.6 Å². The van der Waals surface area contributed by atoms with Crippen molar-refractivity contribution in [1.82, 2.24) is 20.6 Å². The van der Waals surface area contributed by atoms with Crippen molar-refractivity contribution in [3.63, 3.8) is 0 Å². The molecule has 7 heteroatoms. The van der Waals surface area contributed by atoms with Crippen LogP contribution >= 0.6 is 22.7 Å². The Bertz CT molecular complexity index is 628. The highest BCUT2D eigenvalue weighted by Gasteiger charge is 2.17. The van der Waals surface area contributed by atoms with E-state index >= 15 is 0 Å². The molecule has 0 bridgehead atoms. The maximum Gasteiger partial charge on any atom is 0.315 e. The van der Waals surface area contributed by atoms with Gasteiger partial charge in [-0.05, 0) is 6.92 Å². The number of aromatic nitrogens is 2. The van der Waals surface area contributed by atoms with E-state index in [-0.39, 0.29) is 11.4 Å². The molecule has 0 saturated heterocycles. The molecule has 0 aliphatic carbocycles. The number of rotatable bonds is 5. The van der Waals surface area contributed by atoms with Gasteiger partial charge in [-0.3, -0.25) is 0 Å². The molecule has 2 aromatic rings. The molecular formula is C15H22N4OS2. The van der Waals surface area contributed by atoms with Crippen LogP contribution in [0.4, 0.5) is 4.79 Å². The molecule has 5 nitrogen and oxygen atoms in total. The maximum absolute atomic E-state index is 11.7. The molecule has 0 atom stereocenters. The van der Waals surface area contributed by atoms with Crippen LogP contribution in [0, 0.1) is 6.92 Å². The topological polar surface area (TPSA) is 66.9 Å². The Morgan fingerprint density at radius 2 is 2.09 bits per heavy atom. The normalized spacial score (nSPS) is 11.5. The molecule has 2 amide bonds. The van der Waals surface area contributed by atoms with Crippen molar-refractivity contribution in [1.29, 1.82) is 0 Å². The van der Waals surface area contributed by atoms with Crippen LogP contribution in [0.25, 0.3) is 0 Å². The first-order valence-electron chi connectivity index (χ1n) is 7.22. The molecule has 0 fully saturated rings. The smallest absolute Gasteiger partial charge is 0.315 e. The van der Waals surface area contributed by atoms with Crippen LogP contribution in [0.15, 0.2) is 11.6 Å². The summed E-state index contributed by atoms with van der Waals surface area (Å²) in [7, 11) is 0. The molecule has 120 valence electrons. The number of aryl methyl sites for hydroxylation is 1. The van der Waals surface area contributed by atoms with Gasteiger partial charge in [-0.2, -0.15) is 0 Å². The van der Waals surface area contributed by atoms with Gasteiger partial charge in [0.1, 0.15) is 0 Å². The van der Waals surface area contributed by atoms with Crippen LogP contribution in [0.5, 0.6) is 0 Å². The molecule has 0 radical (unpaired) electrons. The third-order valence-electron chi connectivity index (χ3n) is 3.04. The Morgan fingerprint density at radius 3 is 2.68 bits per heavy atom. The summed E-state index contributed by atoms with van der Waals surface area (Å²) in [5.74, 6) is 0. The van der Waals surface area contributed by atoms with E-state index in [1.807, 2.05) is 6.92 Å². The fourth-order valence-electron chi connectivity index (χ4n) is 1.77. The van der Waals surface area contributed by atoms with Crippen LogP contribution in [0.2, 0.25) is 0 Å². The van der Waals surface area contributed by atoms with Crippen molar-refractivity contribution in [2.75, 3.05) is 6.54 Å². The first-order valence-corrected chi connectivity index (χ1v) is 8.92. The second-order valence-electron chi connectivity index (χ2n) is 6.08. The van der Waals surface area contributed by atoms with Crippen LogP contribution in [-0.2, 0) is 18.4 Å². The lowest BCUT2D eigenvalue weighted by Gasteiger charge is -2.14. The third-order valence-corrected chi connectivity index (χ3v) is 4.86. The number of hydrogen-bond donors (Lipinski definition) is 2. The molecule has 0 spiro atoms. The lowest BCUT2D eigenvalue weighted by molar-refractivity contribution is 0.240. The number of carbonyl (C=O) groups excluding carboxylic acids is 1. The maximum atomic E-state index is 11.7.